The first-order chi connectivity index (χ1) is 17.0. The summed E-state index contributed by atoms with van der Waals surface area (Å²) in [5.74, 6) is 0.476. The fourth-order valence-corrected chi connectivity index (χ4v) is 4.66. The minimum absolute atomic E-state index is 0.0609. The van der Waals surface area contributed by atoms with Gasteiger partial charge in [-0.2, -0.15) is 4.98 Å². The van der Waals surface area contributed by atoms with E-state index in [1.54, 1.807) is 0 Å². The molecule has 6 N–H and O–H groups in total. The summed E-state index contributed by atoms with van der Waals surface area (Å²) in [6.45, 7) is 5.42. The lowest BCUT2D eigenvalue weighted by Crippen LogP contribution is -2.43. The van der Waals surface area contributed by atoms with Gasteiger partial charge in [-0.05, 0) is 45.6 Å². The second kappa shape index (κ2) is 14.8. The number of anilines is 2. The van der Waals surface area contributed by atoms with Crippen LogP contribution in [0.3, 0.4) is 0 Å². The Bertz CT molecular complexity index is 795. The highest BCUT2D eigenvalue weighted by molar-refractivity contribution is 5.76. The van der Waals surface area contributed by atoms with E-state index in [2.05, 4.69) is 36.8 Å². The fraction of sp³-hybridized carbons (Fsp3) is 0.750. The van der Waals surface area contributed by atoms with Gasteiger partial charge in [-0.15, -0.1) is 0 Å². The number of hydrazine groups is 1. The normalized spacial score (nSPS) is 17.3. The van der Waals surface area contributed by atoms with Gasteiger partial charge in [0.15, 0.2) is 0 Å². The molecule has 1 aliphatic heterocycles. The van der Waals surface area contributed by atoms with Crippen molar-refractivity contribution in [2.24, 2.45) is 0 Å². The molecular weight excluding hydrogens is 448 g/mol. The minimum Gasteiger partial charge on any atom is -0.480 e. The van der Waals surface area contributed by atoms with E-state index in [1.165, 1.54) is 32.1 Å². The predicted molar refractivity (Wildman–Crippen MR) is 136 cm³/mol. The zero-order valence-electron chi connectivity index (χ0n) is 20.9. The van der Waals surface area contributed by atoms with Crippen LogP contribution in [0, 0.1) is 6.92 Å². The van der Waals surface area contributed by atoms with E-state index >= 15 is 0 Å². The molecule has 11 nitrogen and oxygen atoms in total. The van der Waals surface area contributed by atoms with Crippen LogP contribution in [0.2, 0.25) is 0 Å². The van der Waals surface area contributed by atoms with Crippen molar-refractivity contribution in [3.8, 4) is 0 Å². The lowest BCUT2D eigenvalue weighted by Gasteiger charge is -2.32. The lowest BCUT2D eigenvalue weighted by atomic mass is 9.95. The van der Waals surface area contributed by atoms with Crippen LogP contribution in [0.4, 0.5) is 11.8 Å². The van der Waals surface area contributed by atoms with Crippen LogP contribution in [0.25, 0.3) is 0 Å². The fourth-order valence-electron chi connectivity index (χ4n) is 4.66. The van der Waals surface area contributed by atoms with Gasteiger partial charge in [0.05, 0.1) is 6.54 Å². The molecule has 1 aromatic rings. The Morgan fingerprint density at radius 3 is 2.54 bits per heavy atom. The monoisotopic (exact) mass is 490 g/mol. The number of carbonyl (C=O) groups is 2. The summed E-state index contributed by atoms with van der Waals surface area (Å²) in [5.41, 5.74) is 7.22. The zero-order valence-corrected chi connectivity index (χ0v) is 20.9. The molecule has 0 atom stereocenters. The van der Waals surface area contributed by atoms with Crippen molar-refractivity contribution >= 4 is 23.6 Å². The highest BCUT2D eigenvalue weighted by Gasteiger charge is 2.23. The van der Waals surface area contributed by atoms with Crippen molar-refractivity contribution in [2.45, 2.75) is 76.8 Å². The number of amides is 1. The molecule has 1 amide bonds. The van der Waals surface area contributed by atoms with Gasteiger partial charge in [0.2, 0.25) is 11.9 Å². The Hall–Kier alpha value is -2.50. The maximum Gasteiger partial charge on any atom is 0.317 e. The van der Waals surface area contributed by atoms with Crippen LogP contribution >= 0.6 is 0 Å². The van der Waals surface area contributed by atoms with Crippen molar-refractivity contribution in [1.29, 1.82) is 0 Å². The molecule has 11 heteroatoms. The number of piperidine rings is 1. The largest absolute Gasteiger partial charge is 0.480 e. The summed E-state index contributed by atoms with van der Waals surface area (Å²) in [4.78, 5) is 33.8. The molecule has 3 rings (SSSR count). The van der Waals surface area contributed by atoms with Crippen LogP contribution in [0.5, 0.6) is 0 Å². The minimum atomic E-state index is -0.916. The molecule has 2 heterocycles. The Balaban J connectivity index is 1.32. The molecular formula is C24H42N8O3. The number of aliphatic carboxylic acids is 1. The molecule has 0 aromatic carbocycles. The standard InChI is InChI=1S/C24H42N8O3/c1-18-16-21(29-20-9-14-32(15-10-20)22(33)8-13-25-17-23(34)35)30-24(28-18)31-27-12-5-11-26-19-6-3-2-4-7-19/h16,19-20,25-27H,2-15,17H2,1H3,(H,34,35)(H2,28,29,30,31). The number of carbonyl (C=O) groups excluding carboxylic acids is 1. The van der Waals surface area contributed by atoms with Crippen molar-refractivity contribution in [1.82, 2.24) is 30.9 Å². The maximum absolute atomic E-state index is 12.3. The number of carboxylic acid groups (broad SMARTS) is 1. The number of aryl methyl sites for hydroxylation is 1. The van der Waals surface area contributed by atoms with E-state index < -0.39 is 5.97 Å². The Morgan fingerprint density at radius 2 is 1.80 bits per heavy atom. The number of nitrogens with one attached hydrogen (secondary N) is 5. The highest BCUT2D eigenvalue weighted by atomic mass is 16.4. The second-order valence-electron chi connectivity index (χ2n) is 9.53. The van der Waals surface area contributed by atoms with Gasteiger partial charge < -0.3 is 26.0 Å². The number of nitrogens with zero attached hydrogens (tertiary/aromatic N) is 3. The first-order valence-electron chi connectivity index (χ1n) is 13.0. The molecule has 1 aliphatic carbocycles. The van der Waals surface area contributed by atoms with Gasteiger partial charge in [0, 0.05) is 56.4 Å². The number of rotatable bonds is 14. The Labute approximate surface area is 208 Å². The average Bonchev–Trinajstić information content (AvgIpc) is 2.84. The van der Waals surface area contributed by atoms with E-state index in [-0.39, 0.29) is 18.5 Å². The summed E-state index contributed by atoms with van der Waals surface area (Å²) < 4.78 is 0. The second-order valence-corrected chi connectivity index (χ2v) is 9.53. The molecule has 0 unspecified atom stereocenters. The van der Waals surface area contributed by atoms with Gasteiger partial charge in [-0.25, -0.2) is 10.4 Å². The van der Waals surface area contributed by atoms with E-state index in [0.717, 1.165) is 43.9 Å². The number of carboxylic acids is 1. The molecule has 35 heavy (non-hydrogen) atoms. The molecule has 1 saturated carbocycles. The van der Waals surface area contributed by atoms with Crippen molar-refractivity contribution in [3.05, 3.63) is 11.8 Å². The van der Waals surface area contributed by atoms with Crippen molar-refractivity contribution in [2.75, 3.05) is 50.0 Å². The van der Waals surface area contributed by atoms with Gasteiger partial charge in [0.25, 0.3) is 0 Å². The van der Waals surface area contributed by atoms with E-state index in [0.29, 0.717) is 38.0 Å². The molecule has 2 aliphatic rings. The third-order valence-corrected chi connectivity index (χ3v) is 6.56. The first-order valence-corrected chi connectivity index (χ1v) is 13.0. The molecule has 2 fully saturated rings. The van der Waals surface area contributed by atoms with Crippen molar-refractivity contribution < 1.29 is 14.7 Å². The van der Waals surface area contributed by atoms with Crippen LogP contribution in [0.15, 0.2) is 6.07 Å². The molecule has 0 spiro atoms. The zero-order chi connectivity index (χ0) is 24.9. The van der Waals surface area contributed by atoms with Crippen LogP contribution < -0.4 is 26.8 Å². The first kappa shape index (κ1) is 27.1. The molecule has 0 bridgehead atoms. The molecule has 1 saturated heterocycles. The third-order valence-electron chi connectivity index (χ3n) is 6.56. The predicted octanol–water partition coefficient (Wildman–Crippen LogP) is 1.48. The summed E-state index contributed by atoms with van der Waals surface area (Å²) in [7, 11) is 0. The Kier molecular flexibility index (Phi) is 11.5. The van der Waals surface area contributed by atoms with Gasteiger partial charge >= 0.3 is 5.97 Å². The van der Waals surface area contributed by atoms with Crippen LogP contribution in [-0.4, -0.2) is 83.2 Å². The quantitative estimate of drug-likeness (QED) is 0.168. The Morgan fingerprint density at radius 1 is 1.03 bits per heavy atom. The number of hydrogen-bond donors (Lipinski definition) is 6. The maximum atomic E-state index is 12.3. The van der Waals surface area contributed by atoms with Gasteiger partial charge in [-0.1, -0.05) is 19.3 Å². The van der Waals surface area contributed by atoms with Crippen molar-refractivity contribution in [3.63, 3.8) is 0 Å². The molecule has 0 radical (unpaired) electrons. The van der Waals surface area contributed by atoms with E-state index in [4.69, 9.17) is 5.11 Å². The summed E-state index contributed by atoms with van der Waals surface area (Å²) in [5, 5.41) is 18.5. The van der Waals surface area contributed by atoms with Crippen LogP contribution in [0.1, 0.15) is 63.5 Å². The topological polar surface area (TPSA) is 144 Å². The summed E-state index contributed by atoms with van der Waals surface area (Å²) in [6.07, 6.45) is 9.72. The number of hydrogen-bond acceptors (Lipinski definition) is 9. The molecule has 196 valence electrons. The molecule has 1 aromatic heterocycles. The average molecular weight is 491 g/mol. The van der Waals surface area contributed by atoms with Crippen LogP contribution in [-0.2, 0) is 9.59 Å². The third kappa shape index (κ3) is 10.3. The number of aromatic nitrogens is 2. The van der Waals surface area contributed by atoms with E-state index in [9.17, 15) is 9.59 Å². The van der Waals surface area contributed by atoms with Gasteiger partial charge in [0.1, 0.15) is 5.82 Å². The summed E-state index contributed by atoms with van der Waals surface area (Å²) >= 11 is 0. The van der Waals surface area contributed by atoms with E-state index in [1.807, 2.05) is 17.9 Å². The SMILES string of the molecule is Cc1cc(NC2CCN(C(=O)CCNCC(=O)O)CC2)nc(NNCCCNC2CCCCC2)n1. The lowest BCUT2D eigenvalue weighted by molar-refractivity contribution is -0.136. The van der Waals surface area contributed by atoms with Gasteiger partial charge in [-0.3, -0.25) is 15.0 Å². The summed E-state index contributed by atoms with van der Waals surface area (Å²) in [6, 6.07) is 2.87. The highest BCUT2D eigenvalue weighted by Crippen LogP contribution is 2.18. The smallest absolute Gasteiger partial charge is 0.317 e. The number of likely N-dealkylation sites (tertiary alicyclic amines) is 1.